The molecule has 0 saturated carbocycles. The molecule has 0 aliphatic rings. The van der Waals surface area contributed by atoms with Crippen molar-refractivity contribution < 1.29 is 4.79 Å². The Bertz CT molecular complexity index is 379. The summed E-state index contributed by atoms with van der Waals surface area (Å²) >= 11 is 0. The number of amides is 2. The van der Waals surface area contributed by atoms with Gasteiger partial charge in [-0.3, -0.25) is 0 Å². The van der Waals surface area contributed by atoms with Crippen molar-refractivity contribution in [1.29, 1.82) is 0 Å². The molecule has 0 aliphatic heterocycles. The number of hydrogen-bond donors (Lipinski definition) is 1. The molecule has 1 aromatic carbocycles. The monoisotopic (exact) mass is 248 g/mol. The van der Waals surface area contributed by atoms with E-state index < -0.39 is 0 Å². The Morgan fingerprint density at radius 3 is 2.22 bits per heavy atom. The van der Waals surface area contributed by atoms with E-state index >= 15 is 0 Å². The largest absolute Gasteiger partial charge is 0.333 e. The van der Waals surface area contributed by atoms with Crippen molar-refractivity contribution in [2.24, 2.45) is 0 Å². The summed E-state index contributed by atoms with van der Waals surface area (Å²) in [5.41, 5.74) is 0.941. The van der Waals surface area contributed by atoms with Crippen LogP contribution in [0.15, 0.2) is 30.3 Å². The second-order valence-corrected chi connectivity index (χ2v) is 5.89. The number of carbonyl (C=O) groups is 1. The lowest BCUT2D eigenvalue weighted by atomic mass is 10.1. The molecular formula is C15H24N2O. The molecule has 0 atom stereocenters. The van der Waals surface area contributed by atoms with Crippen LogP contribution in [0.4, 0.5) is 4.79 Å². The summed E-state index contributed by atoms with van der Waals surface area (Å²) in [5, 5.41) is 3.01. The van der Waals surface area contributed by atoms with E-state index in [1.165, 1.54) is 0 Å². The summed E-state index contributed by atoms with van der Waals surface area (Å²) in [6, 6.07) is 10.2. The lowest BCUT2D eigenvalue weighted by Gasteiger charge is -2.31. The first-order valence-corrected chi connectivity index (χ1v) is 6.42. The Morgan fingerprint density at radius 2 is 1.78 bits per heavy atom. The Hall–Kier alpha value is -1.51. The van der Waals surface area contributed by atoms with Gasteiger partial charge in [0.15, 0.2) is 0 Å². The number of rotatable bonds is 3. The van der Waals surface area contributed by atoms with Gasteiger partial charge in [-0.05, 0) is 40.2 Å². The van der Waals surface area contributed by atoms with Crippen molar-refractivity contribution >= 4 is 6.03 Å². The van der Waals surface area contributed by atoms with Crippen molar-refractivity contribution in [2.45, 2.75) is 52.7 Å². The van der Waals surface area contributed by atoms with E-state index in [0.29, 0.717) is 6.54 Å². The predicted molar refractivity (Wildman–Crippen MR) is 75.4 cm³/mol. The fraction of sp³-hybridized carbons (Fsp3) is 0.533. The van der Waals surface area contributed by atoms with E-state index in [1.807, 2.05) is 69.9 Å². The third kappa shape index (κ3) is 4.78. The Labute approximate surface area is 110 Å². The zero-order valence-corrected chi connectivity index (χ0v) is 12.0. The molecule has 0 aliphatic carbocycles. The molecule has 0 fully saturated rings. The highest BCUT2D eigenvalue weighted by atomic mass is 16.2. The van der Waals surface area contributed by atoms with Gasteiger partial charge in [0.25, 0.3) is 0 Å². The first-order chi connectivity index (χ1) is 8.29. The summed E-state index contributed by atoms with van der Waals surface area (Å²) in [6.45, 7) is 10.7. The maximum absolute atomic E-state index is 12.2. The normalized spacial score (nSPS) is 11.4. The number of nitrogens with one attached hydrogen (secondary N) is 1. The Balaban J connectivity index is 2.75. The van der Waals surface area contributed by atoms with Gasteiger partial charge in [-0.15, -0.1) is 0 Å². The first-order valence-electron chi connectivity index (χ1n) is 6.42. The third-order valence-electron chi connectivity index (χ3n) is 2.56. The smallest absolute Gasteiger partial charge is 0.318 e. The van der Waals surface area contributed by atoms with E-state index in [9.17, 15) is 4.79 Å². The molecule has 0 aromatic heterocycles. The van der Waals surface area contributed by atoms with E-state index in [0.717, 1.165) is 5.56 Å². The van der Waals surface area contributed by atoms with Gasteiger partial charge in [-0.1, -0.05) is 30.3 Å². The second kappa shape index (κ2) is 5.89. The zero-order valence-electron chi connectivity index (χ0n) is 12.0. The number of benzene rings is 1. The molecule has 3 heteroatoms. The molecule has 1 N–H and O–H groups in total. The lowest BCUT2D eigenvalue weighted by Crippen LogP contribution is -2.50. The van der Waals surface area contributed by atoms with E-state index in [2.05, 4.69) is 5.32 Å². The van der Waals surface area contributed by atoms with Gasteiger partial charge >= 0.3 is 6.03 Å². The minimum atomic E-state index is -0.207. The molecule has 1 rings (SSSR count). The summed E-state index contributed by atoms with van der Waals surface area (Å²) in [6.07, 6.45) is 0. The summed E-state index contributed by atoms with van der Waals surface area (Å²) in [4.78, 5) is 14.1. The fourth-order valence-corrected chi connectivity index (χ4v) is 1.66. The topological polar surface area (TPSA) is 32.3 Å². The number of nitrogens with zero attached hydrogens (tertiary/aromatic N) is 1. The van der Waals surface area contributed by atoms with Gasteiger partial charge in [-0.2, -0.15) is 0 Å². The van der Waals surface area contributed by atoms with Crippen molar-refractivity contribution in [3.63, 3.8) is 0 Å². The van der Waals surface area contributed by atoms with Gasteiger partial charge in [0, 0.05) is 18.1 Å². The van der Waals surface area contributed by atoms with E-state index in [4.69, 9.17) is 0 Å². The van der Waals surface area contributed by atoms with Crippen LogP contribution in [0.5, 0.6) is 0 Å². The van der Waals surface area contributed by atoms with Gasteiger partial charge in [0.1, 0.15) is 0 Å². The van der Waals surface area contributed by atoms with Crippen molar-refractivity contribution in [3.8, 4) is 0 Å². The standard InChI is InChI=1S/C15H24N2O/c1-12(2)17(14(18)16-15(3,4)5)11-13-9-7-6-8-10-13/h6-10,12H,11H2,1-5H3,(H,16,18). The molecule has 1 aromatic rings. The van der Waals surface area contributed by atoms with E-state index in [-0.39, 0.29) is 17.6 Å². The number of hydrogen-bond acceptors (Lipinski definition) is 1. The van der Waals surface area contributed by atoms with Crippen molar-refractivity contribution in [1.82, 2.24) is 10.2 Å². The van der Waals surface area contributed by atoms with Crippen LogP contribution < -0.4 is 5.32 Å². The Kier molecular flexibility index (Phi) is 4.76. The van der Waals surface area contributed by atoms with Crippen LogP contribution in [0.25, 0.3) is 0 Å². The highest BCUT2D eigenvalue weighted by Crippen LogP contribution is 2.10. The minimum Gasteiger partial charge on any atom is -0.333 e. The summed E-state index contributed by atoms with van der Waals surface area (Å²) in [5.74, 6) is 0. The number of urea groups is 1. The molecule has 0 spiro atoms. The van der Waals surface area contributed by atoms with Crippen LogP contribution in [0.1, 0.15) is 40.2 Å². The maximum Gasteiger partial charge on any atom is 0.318 e. The maximum atomic E-state index is 12.2. The molecule has 18 heavy (non-hydrogen) atoms. The van der Waals surface area contributed by atoms with Crippen LogP contribution in [0.2, 0.25) is 0 Å². The third-order valence-corrected chi connectivity index (χ3v) is 2.56. The molecule has 0 bridgehead atoms. The van der Waals surface area contributed by atoms with Gasteiger partial charge < -0.3 is 10.2 Å². The van der Waals surface area contributed by atoms with Crippen LogP contribution >= 0.6 is 0 Å². The SMILES string of the molecule is CC(C)N(Cc1ccccc1)C(=O)NC(C)(C)C. The van der Waals surface area contributed by atoms with Crippen molar-refractivity contribution in [2.75, 3.05) is 0 Å². The molecular weight excluding hydrogens is 224 g/mol. The molecule has 0 unspecified atom stereocenters. The highest BCUT2D eigenvalue weighted by Gasteiger charge is 2.21. The Morgan fingerprint density at radius 1 is 1.22 bits per heavy atom. The molecule has 100 valence electrons. The van der Waals surface area contributed by atoms with Gasteiger partial charge in [0.2, 0.25) is 0 Å². The molecule has 3 nitrogen and oxygen atoms in total. The van der Waals surface area contributed by atoms with Crippen LogP contribution in [-0.4, -0.2) is 22.5 Å². The summed E-state index contributed by atoms with van der Waals surface area (Å²) in [7, 11) is 0. The average molecular weight is 248 g/mol. The number of carbonyl (C=O) groups excluding carboxylic acids is 1. The quantitative estimate of drug-likeness (QED) is 0.873. The predicted octanol–water partition coefficient (Wildman–Crippen LogP) is 3.41. The molecule has 0 radical (unpaired) electrons. The molecule has 0 saturated heterocycles. The van der Waals surface area contributed by atoms with Crippen molar-refractivity contribution in [3.05, 3.63) is 35.9 Å². The average Bonchev–Trinajstić information content (AvgIpc) is 2.24. The first kappa shape index (κ1) is 14.6. The second-order valence-electron chi connectivity index (χ2n) is 5.89. The van der Waals surface area contributed by atoms with Crippen LogP contribution in [-0.2, 0) is 6.54 Å². The fourth-order valence-electron chi connectivity index (χ4n) is 1.66. The molecule has 2 amide bonds. The van der Waals surface area contributed by atoms with E-state index in [1.54, 1.807) is 0 Å². The summed E-state index contributed by atoms with van der Waals surface area (Å²) < 4.78 is 0. The van der Waals surface area contributed by atoms with Gasteiger partial charge in [-0.25, -0.2) is 4.79 Å². The minimum absolute atomic E-state index is 0.0126. The zero-order chi connectivity index (χ0) is 13.8. The van der Waals surface area contributed by atoms with Crippen LogP contribution in [0.3, 0.4) is 0 Å². The van der Waals surface area contributed by atoms with Crippen LogP contribution in [0, 0.1) is 0 Å². The molecule has 0 heterocycles. The van der Waals surface area contributed by atoms with Gasteiger partial charge in [0.05, 0.1) is 0 Å². The lowest BCUT2D eigenvalue weighted by molar-refractivity contribution is 0.171. The highest BCUT2D eigenvalue weighted by molar-refractivity contribution is 5.75.